The van der Waals surface area contributed by atoms with Gasteiger partial charge in [-0.2, -0.15) is 0 Å². The predicted octanol–water partition coefficient (Wildman–Crippen LogP) is 15.9. The lowest BCUT2D eigenvalue weighted by atomic mass is 10.0. The largest absolute Gasteiger partial charge is 0.462 e. The van der Waals surface area contributed by atoms with Crippen LogP contribution in [0.25, 0.3) is 0 Å². The van der Waals surface area contributed by atoms with E-state index >= 15 is 0 Å². The molecule has 0 aliphatic heterocycles. The molecule has 0 aromatic carbocycles. The molecule has 332 valence electrons. The van der Waals surface area contributed by atoms with Crippen molar-refractivity contribution in [2.45, 2.75) is 284 Å². The number of esters is 3. The van der Waals surface area contributed by atoms with E-state index in [1.165, 1.54) is 173 Å². The molecule has 0 heterocycles. The van der Waals surface area contributed by atoms with Crippen LogP contribution in [0.1, 0.15) is 278 Å². The van der Waals surface area contributed by atoms with Crippen LogP contribution in [0.3, 0.4) is 0 Å². The van der Waals surface area contributed by atoms with Gasteiger partial charge < -0.3 is 14.2 Å². The van der Waals surface area contributed by atoms with Crippen LogP contribution in [0.2, 0.25) is 0 Å². The van der Waals surface area contributed by atoms with E-state index in [0.29, 0.717) is 19.3 Å². The van der Waals surface area contributed by atoms with Gasteiger partial charge in [-0.15, -0.1) is 0 Å². The highest BCUT2D eigenvalue weighted by Gasteiger charge is 2.19. The maximum atomic E-state index is 12.7. The second-order valence-electron chi connectivity index (χ2n) is 17.6. The zero-order valence-corrected chi connectivity index (χ0v) is 38.1. The van der Waals surface area contributed by atoms with Crippen molar-refractivity contribution in [3.8, 4) is 0 Å². The Balaban J connectivity index is 4.30. The summed E-state index contributed by atoms with van der Waals surface area (Å²) in [6.07, 6.45) is 45.1. The smallest absolute Gasteiger partial charge is 0.306 e. The molecule has 0 aliphatic rings. The summed E-state index contributed by atoms with van der Waals surface area (Å²) in [4.78, 5) is 37.8. The normalized spacial score (nSPS) is 11.9. The summed E-state index contributed by atoms with van der Waals surface area (Å²) in [6.45, 7) is 9.01. The van der Waals surface area contributed by atoms with E-state index in [0.717, 1.165) is 63.7 Å². The summed E-state index contributed by atoms with van der Waals surface area (Å²) in [5.74, 6) is -0.0208. The van der Waals surface area contributed by atoms with Crippen LogP contribution >= 0.6 is 0 Å². The van der Waals surface area contributed by atoms with E-state index in [-0.39, 0.29) is 31.1 Å². The van der Waals surface area contributed by atoms with E-state index in [1.807, 2.05) is 0 Å². The number of unbranched alkanes of at least 4 members (excludes halogenated alkanes) is 32. The maximum Gasteiger partial charge on any atom is 0.306 e. The Labute approximate surface area is 348 Å². The van der Waals surface area contributed by atoms with Crippen molar-refractivity contribution in [1.29, 1.82) is 0 Å². The minimum Gasteiger partial charge on any atom is -0.462 e. The van der Waals surface area contributed by atoms with Gasteiger partial charge in [0, 0.05) is 19.3 Å². The number of carbonyl (C=O) groups excluding carboxylic acids is 3. The Bertz CT molecular complexity index is 841. The van der Waals surface area contributed by atoms with Crippen molar-refractivity contribution in [2.75, 3.05) is 13.2 Å². The highest BCUT2D eigenvalue weighted by Crippen LogP contribution is 2.17. The van der Waals surface area contributed by atoms with Gasteiger partial charge in [0.2, 0.25) is 0 Å². The molecule has 6 heteroatoms. The van der Waals surface area contributed by atoms with Crippen LogP contribution in [-0.2, 0) is 28.6 Å². The highest BCUT2D eigenvalue weighted by molar-refractivity contribution is 5.71. The molecule has 0 aliphatic carbocycles. The van der Waals surface area contributed by atoms with Crippen LogP contribution in [0.5, 0.6) is 0 Å². The molecule has 0 unspecified atom stereocenters. The van der Waals surface area contributed by atoms with Crippen molar-refractivity contribution in [1.82, 2.24) is 0 Å². The number of hydrogen-bond donors (Lipinski definition) is 0. The summed E-state index contributed by atoms with van der Waals surface area (Å²) < 4.78 is 16.8. The second-order valence-corrected chi connectivity index (χ2v) is 17.6. The SMILES string of the molecule is CCCCCCCCCCCCCCCC(=O)OC[C@H](COC(=O)CCCCCCCCCCCCCC(C)C)OC(=O)CCCCCCCCCCCCC. The summed E-state index contributed by atoms with van der Waals surface area (Å²) in [5, 5.41) is 0. The van der Waals surface area contributed by atoms with E-state index in [1.54, 1.807) is 0 Å². The first-order valence-corrected chi connectivity index (χ1v) is 24.9. The monoisotopic (exact) mass is 793 g/mol. The van der Waals surface area contributed by atoms with Crippen molar-refractivity contribution in [2.24, 2.45) is 5.92 Å². The van der Waals surface area contributed by atoms with Crippen LogP contribution in [0, 0.1) is 5.92 Å². The van der Waals surface area contributed by atoms with Gasteiger partial charge in [-0.05, 0) is 25.2 Å². The fraction of sp³-hybridized carbons (Fsp3) is 0.940. The number of carbonyl (C=O) groups is 3. The second kappa shape index (κ2) is 44.5. The van der Waals surface area contributed by atoms with E-state index in [2.05, 4.69) is 27.7 Å². The van der Waals surface area contributed by atoms with Gasteiger partial charge in [-0.1, -0.05) is 240 Å². The third kappa shape index (κ3) is 43.5. The molecule has 0 radical (unpaired) electrons. The lowest BCUT2D eigenvalue weighted by Gasteiger charge is -2.18. The topological polar surface area (TPSA) is 78.9 Å². The van der Waals surface area contributed by atoms with Crippen LogP contribution in [0.4, 0.5) is 0 Å². The molecule has 0 saturated carbocycles. The van der Waals surface area contributed by atoms with Gasteiger partial charge in [0.1, 0.15) is 13.2 Å². The zero-order valence-electron chi connectivity index (χ0n) is 38.1. The minimum atomic E-state index is -0.759. The van der Waals surface area contributed by atoms with Gasteiger partial charge in [-0.3, -0.25) is 14.4 Å². The van der Waals surface area contributed by atoms with Gasteiger partial charge in [-0.25, -0.2) is 0 Å². The van der Waals surface area contributed by atoms with Gasteiger partial charge >= 0.3 is 17.9 Å². The van der Waals surface area contributed by atoms with Crippen molar-refractivity contribution >= 4 is 17.9 Å². The number of ether oxygens (including phenoxy) is 3. The Hall–Kier alpha value is -1.59. The van der Waals surface area contributed by atoms with Crippen molar-refractivity contribution in [3.05, 3.63) is 0 Å². The fourth-order valence-electron chi connectivity index (χ4n) is 7.51. The molecular weight excluding hydrogens is 697 g/mol. The number of rotatable bonds is 45. The Morgan fingerprint density at radius 3 is 0.875 bits per heavy atom. The Morgan fingerprint density at radius 2 is 0.589 bits per heavy atom. The summed E-state index contributed by atoms with van der Waals surface area (Å²) in [5.41, 5.74) is 0. The lowest BCUT2D eigenvalue weighted by Crippen LogP contribution is -2.30. The maximum absolute atomic E-state index is 12.7. The molecule has 0 bridgehead atoms. The molecular formula is C50H96O6. The Morgan fingerprint density at radius 1 is 0.339 bits per heavy atom. The Kier molecular flexibility index (Phi) is 43.2. The molecule has 0 aromatic heterocycles. The molecule has 56 heavy (non-hydrogen) atoms. The van der Waals surface area contributed by atoms with Crippen molar-refractivity contribution < 1.29 is 28.6 Å². The highest BCUT2D eigenvalue weighted by atomic mass is 16.6. The third-order valence-electron chi connectivity index (χ3n) is 11.3. The van der Waals surface area contributed by atoms with E-state index < -0.39 is 6.10 Å². The molecule has 0 rings (SSSR count). The standard InChI is InChI=1S/C50H96O6/c1-5-7-9-11-13-15-17-18-22-25-29-33-37-41-48(51)54-44-47(56-50(53)43-39-35-31-27-20-16-14-12-10-8-6-2)45-55-49(52)42-38-34-30-26-23-19-21-24-28-32-36-40-46(3)4/h46-47H,5-45H2,1-4H3/t47-/m1/s1. The van der Waals surface area contributed by atoms with Crippen LogP contribution in [0.15, 0.2) is 0 Å². The van der Waals surface area contributed by atoms with Gasteiger partial charge in [0.05, 0.1) is 0 Å². The molecule has 0 N–H and O–H groups in total. The molecule has 0 saturated heterocycles. The minimum absolute atomic E-state index is 0.0630. The van der Waals surface area contributed by atoms with Gasteiger partial charge in [0.15, 0.2) is 6.10 Å². The average molecular weight is 793 g/mol. The zero-order chi connectivity index (χ0) is 41.0. The van der Waals surface area contributed by atoms with Gasteiger partial charge in [0.25, 0.3) is 0 Å². The first-order chi connectivity index (χ1) is 27.4. The molecule has 0 aromatic rings. The lowest BCUT2D eigenvalue weighted by molar-refractivity contribution is -0.167. The molecule has 0 spiro atoms. The molecule has 0 amide bonds. The predicted molar refractivity (Wildman–Crippen MR) is 238 cm³/mol. The quantitative estimate of drug-likeness (QED) is 0.0347. The molecule has 0 fully saturated rings. The fourth-order valence-corrected chi connectivity index (χ4v) is 7.51. The summed E-state index contributed by atoms with van der Waals surface area (Å²) >= 11 is 0. The summed E-state index contributed by atoms with van der Waals surface area (Å²) in [6, 6.07) is 0. The van der Waals surface area contributed by atoms with E-state index in [4.69, 9.17) is 14.2 Å². The molecule has 6 nitrogen and oxygen atoms in total. The van der Waals surface area contributed by atoms with Crippen LogP contribution < -0.4 is 0 Å². The van der Waals surface area contributed by atoms with E-state index in [9.17, 15) is 14.4 Å². The molecule has 1 atom stereocenters. The van der Waals surface area contributed by atoms with Crippen molar-refractivity contribution in [3.63, 3.8) is 0 Å². The first-order valence-electron chi connectivity index (χ1n) is 24.9. The average Bonchev–Trinajstić information content (AvgIpc) is 3.18. The first kappa shape index (κ1) is 54.4. The van der Waals surface area contributed by atoms with Crippen LogP contribution in [-0.4, -0.2) is 37.2 Å². The number of hydrogen-bond acceptors (Lipinski definition) is 6. The third-order valence-corrected chi connectivity index (χ3v) is 11.3. The summed E-state index contributed by atoms with van der Waals surface area (Å²) in [7, 11) is 0.